The number of hydrogen-bond acceptors (Lipinski definition) is 3. The van der Waals surface area contributed by atoms with Crippen LogP contribution in [0.15, 0.2) is 48.5 Å². The lowest BCUT2D eigenvalue weighted by Crippen LogP contribution is -2.00. The summed E-state index contributed by atoms with van der Waals surface area (Å²) in [6.07, 6.45) is 0. The van der Waals surface area contributed by atoms with Crippen LogP contribution in [0.4, 0.5) is 0 Å². The number of hydrogen-bond donors (Lipinski definition) is 1. The van der Waals surface area contributed by atoms with Crippen molar-refractivity contribution in [2.45, 2.75) is 0 Å². The number of H-pyrrole nitrogens is 1. The molecule has 0 saturated carbocycles. The first-order valence-corrected chi connectivity index (χ1v) is 5.91. The van der Waals surface area contributed by atoms with Gasteiger partial charge in [0.2, 0.25) is 11.7 Å². The number of ketones is 1. The molecular formula is C15H12N2O2. The third kappa shape index (κ3) is 2.08. The van der Waals surface area contributed by atoms with Gasteiger partial charge in [0.1, 0.15) is 0 Å². The van der Waals surface area contributed by atoms with Crippen molar-refractivity contribution < 1.29 is 9.53 Å². The summed E-state index contributed by atoms with van der Waals surface area (Å²) in [7, 11) is 1.57. The lowest BCUT2D eigenvalue weighted by molar-refractivity contribution is 0.103. The van der Waals surface area contributed by atoms with Crippen molar-refractivity contribution in [3.63, 3.8) is 0 Å². The van der Waals surface area contributed by atoms with Gasteiger partial charge in [-0.25, -0.2) is 4.98 Å². The van der Waals surface area contributed by atoms with E-state index in [-0.39, 0.29) is 5.78 Å². The molecule has 4 nitrogen and oxygen atoms in total. The molecule has 3 aromatic rings. The molecule has 0 saturated heterocycles. The Morgan fingerprint density at radius 3 is 2.68 bits per heavy atom. The Bertz CT molecular complexity index is 732. The van der Waals surface area contributed by atoms with Crippen molar-refractivity contribution in [1.82, 2.24) is 9.97 Å². The number of benzene rings is 1. The van der Waals surface area contributed by atoms with Gasteiger partial charge in [-0.3, -0.25) is 4.79 Å². The van der Waals surface area contributed by atoms with Crippen molar-refractivity contribution in [2.24, 2.45) is 0 Å². The minimum atomic E-state index is -0.0439. The van der Waals surface area contributed by atoms with E-state index in [9.17, 15) is 4.79 Å². The van der Waals surface area contributed by atoms with E-state index in [2.05, 4.69) is 9.97 Å². The number of nitrogens with one attached hydrogen (secondary N) is 1. The average Bonchev–Trinajstić information content (AvgIpc) is 2.90. The van der Waals surface area contributed by atoms with Crippen LogP contribution in [0.25, 0.3) is 11.0 Å². The van der Waals surface area contributed by atoms with Gasteiger partial charge in [0.25, 0.3) is 0 Å². The van der Waals surface area contributed by atoms with Crippen LogP contribution in [0.5, 0.6) is 5.88 Å². The van der Waals surface area contributed by atoms with Gasteiger partial charge >= 0.3 is 0 Å². The summed E-state index contributed by atoms with van der Waals surface area (Å²) in [6.45, 7) is 0. The number of aromatic amines is 1. The Morgan fingerprint density at radius 2 is 1.95 bits per heavy atom. The second kappa shape index (κ2) is 4.57. The van der Waals surface area contributed by atoms with Crippen LogP contribution in [-0.4, -0.2) is 22.9 Å². The lowest BCUT2D eigenvalue weighted by Gasteiger charge is -1.96. The summed E-state index contributed by atoms with van der Waals surface area (Å²) < 4.78 is 5.07. The van der Waals surface area contributed by atoms with Crippen LogP contribution in [0.3, 0.4) is 0 Å². The number of rotatable bonds is 3. The number of pyridine rings is 1. The molecular weight excluding hydrogens is 240 g/mol. The summed E-state index contributed by atoms with van der Waals surface area (Å²) in [6, 6.07) is 14.5. The van der Waals surface area contributed by atoms with Crippen LogP contribution in [-0.2, 0) is 0 Å². The second-order valence-corrected chi connectivity index (χ2v) is 4.16. The number of methoxy groups -OCH3 is 1. The minimum Gasteiger partial charge on any atom is -0.481 e. The Hall–Kier alpha value is -2.62. The first-order valence-electron chi connectivity index (χ1n) is 5.91. The SMILES string of the molecule is COc1ccc2[nH]c(C(=O)c3ccccc3)cc2n1. The highest BCUT2D eigenvalue weighted by molar-refractivity contribution is 6.09. The zero-order valence-electron chi connectivity index (χ0n) is 10.4. The van der Waals surface area contributed by atoms with Gasteiger partial charge in [-0.05, 0) is 12.1 Å². The Labute approximate surface area is 110 Å². The van der Waals surface area contributed by atoms with Crippen LogP contribution in [0.2, 0.25) is 0 Å². The lowest BCUT2D eigenvalue weighted by atomic mass is 10.1. The molecule has 2 heterocycles. The molecule has 0 atom stereocenters. The molecule has 0 radical (unpaired) electrons. The first-order chi connectivity index (χ1) is 9.28. The molecule has 2 aromatic heterocycles. The van der Waals surface area contributed by atoms with Crippen molar-refractivity contribution in [3.8, 4) is 5.88 Å². The van der Waals surface area contributed by atoms with Crippen LogP contribution >= 0.6 is 0 Å². The molecule has 0 bridgehead atoms. The van der Waals surface area contributed by atoms with Crippen LogP contribution < -0.4 is 4.74 Å². The summed E-state index contributed by atoms with van der Waals surface area (Å²) in [5.41, 5.74) is 2.72. The van der Waals surface area contributed by atoms with E-state index in [1.165, 1.54) is 0 Å². The van der Waals surface area contributed by atoms with Gasteiger partial charge < -0.3 is 9.72 Å². The maximum atomic E-state index is 12.3. The molecule has 3 rings (SSSR count). The summed E-state index contributed by atoms with van der Waals surface area (Å²) in [4.78, 5) is 19.6. The van der Waals surface area contributed by atoms with Gasteiger partial charge in [0.15, 0.2) is 0 Å². The van der Waals surface area contributed by atoms with Gasteiger partial charge in [-0.15, -0.1) is 0 Å². The fourth-order valence-corrected chi connectivity index (χ4v) is 1.97. The Balaban J connectivity index is 2.04. The predicted octanol–water partition coefficient (Wildman–Crippen LogP) is 2.80. The molecule has 0 aliphatic carbocycles. The molecule has 0 spiro atoms. The predicted molar refractivity (Wildman–Crippen MR) is 72.5 cm³/mol. The Morgan fingerprint density at radius 1 is 1.16 bits per heavy atom. The highest BCUT2D eigenvalue weighted by Crippen LogP contribution is 2.19. The van der Waals surface area contributed by atoms with Crippen molar-refractivity contribution in [3.05, 3.63) is 59.8 Å². The smallest absolute Gasteiger partial charge is 0.213 e. The summed E-state index contributed by atoms with van der Waals surface area (Å²) in [5.74, 6) is 0.489. The third-order valence-corrected chi connectivity index (χ3v) is 2.94. The molecule has 0 aliphatic heterocycles. The monoisotopic (exact) mass is 252 g/mol. The zero-order chi connectivity index (χ0) is 13.2. The number of carbonyl (C=O) groups excluding carboxylic acids is 1. The van der Waals surface area contributed by atoms with Crippen LogP contribution in [0.1, 0.15) is 16.1 Å². The molecule has 0 fully saturated rings. The normalized spacial score (nSPS) is 10.6. The first kappa shape index (κ1) is 11.5. The standard InChI is InChI=1S/C15H12N2O2/c1-19-14-8-7-11-12(17-14)9-13(16-11)15(18)10-5-3-2-4-6-10/h2-9,16H,1H3. The zero-order valence-corrected chi connectivity index (χ0v) is 10.4. The largest absolute Gasteiger partial charge is 0.481 e. The van der Waals surface area contributed by atoms with E-state index in [1.54, 1.807) is 31.4 Å². The topological polar surface area (TPSA) is 55.0 Å². The number of ether oxygens (including phenoxy) is 1. The van der Waals surface area contributed by atoms with E-state index in [4.69, 9.17) is 4.74 Å². The number of aromatic nitrogens is 2. The molecule has 1 N–H and O–H groups in total. The number of fused-ring (bicyclic) bond motifs is 1. The molecule has 0 unspecified atom stereocenters. The van der Waals surface area contributed by atoms with Crippen molar-refractivity contribution >= 4 is 16.8 Å². The van der Waals surface area contributed by atoms with E-state index < -0.39 is 0 Å². The van der Waals surface area contributed by atoms with Crippen molar-refractivity contribution in [1.29, 1.82) is 0 Å². The van der Waals surface area contributed by atoms with E-state index in [0.717, 1.165) is 11.0 Å². The van der Waals surface area contributed by atoms with E-state index in [0.29, 0.717) is 17.1 Å². The van der Waals surface area contributed by atoms with Crippen molar-refractivity contribution in [2.75, 3.05) is 7.11 Å². The van der Waals surface area contributed by atoms with Gasteiger partial charge in [0.05, 0.1) is 23.8 Å². The molecule has 1 aromatic carbocycles. The maximum absolute atomic E-state index is 12.3. The molecule has 19 heavy (non-hydrogen) atoms. The average molecular weight is 252 g/mol. The molecule has 94 valence electrons. The van der Waals surface area contributed by atoms with Gasteiger partial charge in [0, 0.05) is 11.6 Å². The van der Waals surface area contributed by atoms with E-state index in [1.807, 2.05) is 24.3 Å². The maximum Gasteiger partial charge on any atom is 0.213 e. The van der Waals surface area contributed by atoms with Crippen LogP contribution in [0, 0.1) is 0 Å². The second-order valence-electron chi connectivity index (χ2n) is 4.16. The minimum absolute atomic E-state index is 0.0439. The number of carbonyl (C=O) groups is 1. The molecule has 0 aliphatic rings. The highest BCUT2D eigenvalue weighted by atomic mass is 16.5. The molecule has 4 heteroatoms. The number of nitrogens with zero attached hydrogens (tertiary/aromatic N) is 1. The Kier molecular flexibility index (Phi) is 2.76. The van der Waals surface area contributed by atoms with Gasteiger partial charge in [-0.1, -0.05) is 30.3 Å². The molecule has 0 amide bonds. The van der Waals surface area contributed by atoms with E-state index >= 15 is 0 Å². The van der Waals surface area contributed by atoms with Gasteiger partial charge in [-0.2, -0.15) is 0 Å². The highest BCUT2D eigenvalue weighted by Gasteiger charge is 2.12. The summed E-state index contributed by atoms with van der Waals surface area (Å²) >= 11 is 0. The fraction of sp³-hybridized carbons (Fsp3) is 0.0667. The quantitative estimate of drug-likeness (QED) is 0.729. The third-order valence-electron chi connectivity index (χ3n) is 2.94. The summed E-state index contributed by atoms with van der Waals surface area (Å²) in [5, 5.41) is 0. The fourth-order valence-electron chi connectivity index (χ4n) is 1.97.